The fourth-order valence-electron chi connectivity index (χ4n) is 2.97. The first-order valence-electron chi connectivity index (χ1n) is 8.89. The lowest BCUT2D eigenvalue weighted by Gasteiger charge is -2.27. The second-order valence-electron chi connectivity index (χ2n) is 6.47. The molecule has 0 saturated carbocycles. The standard InChI is InChI=1S/C22H17ClN2O2S2/c1-25-18-12-15(21(26)24-13-17-6-3-9-28-17)7-8-19(18)29-20(22(25)27)11-14-4-2-5-16(23)10-14/h2-12H,13H2,1H3,(H,24,26). The zero-order valence-electron chi connectivity index (χ0n) is 15.5. The molecule has 2 heterocycles. The normalized spacial score (nSPS) is 14.8. The van der Waals surface area contributed by atoms with Gasteiger partial charge in [0.05, 0.1) is 17.1 Å². The first-order valence-corrected chi connectivity index (χ1v) is 11.0. The fraction of sp³-hybridized carbons (Fsp3) is 0.0909. The Balaban J connectivity index is 1.56. The Hall–Kier alpha value is -2.54. The SMILES string of the molecule is CN1C(=O)C(=Cc2cccc(Cl)c2)Sc2ccc(C(=O)NCc3cccs3)cc21. The van der Waals surface area contributed by atoms with Crippen LogP contribution in [0.4, 0.5) is 5.69 Å². The molecule has 146 valence electrons. The Bertz CT molecular complexity index is 1110. The molecule has 0 radical (unpaired) electrons. The van der Waals surface area contributed by atoms with E-state index in [9.17, 15) is 9.59 Å². The highest BCUT2D eigenvalue weighted by Gasteiger charge is 2.27. The largest absolute Gasteiger partial charge is 0.347 e. The maximum atomic E-state index is 12.8. The maximum absolute atomic E-state index is 12.8. The van der Waals surface area contributed by atoms with E-state index in [1.807, 2.05) is 47.9 Å². The topological polar surface area (TPSA) is 49.4 Å². The number of thiophene rings is 1. The van der Waals surface area contributed by atoms with Crippen LogP contribution in [0.3, 0.4) is 0 Å². The van der Waals surface area contributed by atoms with Crippen molar-refractivity contribution >= 4 is 58.3 Å². The summed E-state index contributed by atoms with van der Waals surface area (Å²) in [6.45, 7) is 0.490. The molecule has 0 atom stereocenters. The summed E-state index contributed by atoms with van der Waals surface area (Å²) >= 11 is 9.04. The van der Waals surface area contributed by atoms with Crippen molar-refractivity contribution in [3.63, 3.8) is 0 Å². The van der Waals surface area contributed by atoms with Gasteiger partial charge in [0.2, 0.25) is 0 Å². The zero-order valence-corrected chi connectivity index (χ0v) is 17.9. The van der Waals surface area contributed by atoms with Crippen LogP contribution in [0.5, 0.6) is 0 Å². The monoisotopic (exact) mass is 440 g/mol. The molecule has 0 spiro atoms. The van der Waals surface area contributed by atoms with E-state index in [-0.39, 0.29) is 11.8 Å². The first kappa shape index (κ1) is 19.8. The van der Waals surface area contributed by atoms with Crippen LogP contribution in [-0.4, -0.2) is 18.9 Å². The Morgan fingerprint density at radius 2 is 2.03 bits per heavy atom. The molecule has 0 fully saturated rings. The van der Waals surface area contributed by atoms with Crippen LogP contribution < -0.4 is 10.2 Å². The molecule has 2 aromatic carbocycles. The van der Waals surface area contributed by atoms with Crippen molar-refractivity contribution in [1.29, 1.82) is 0 Å². The van der Waals surface area contributed by atoms with Gasteiger partial charge in [-0.1, -0.05) is 41.6 Å². The van der Waals surface area contributed by atoms with Crippen molar-refractivity contribution in [2.45, 2.75) is 11.4 Å². The second kappa shape index (κ2) is 8.45. The highest BCUT2D eigenvalue weighted by Crippen LogP contribution is 2.42. The van der Waals surface area contributed by atoms with E-state index in [1.54, 1.807) is 41.5 Å². The molecule has 3 aromatic rings. The third kappa shape index (κ3) is 4.40. The van der Waals surface area contributed by atoms with Crippen LogP contribution in [-0.2, 0) is 11.3 Å². The molecule has 0 aliphatic carbocycles. The van der Waals surface area contributed by atoms with Crippen LogP contribution in [0.1, 0.15) is 20.8 Å². The van der Waals surface area contributed by atoms with Gasteiger partial charge < -0.3 is 10.2 Å². The van der Waals surface area contributed by atoms with Gasteiger partial charge in [-0.15, -0.1) is 11.3 Å². The van der Waals surface area contributed by atoms with Crippen LogP contribution in [0.15, 0.2) is 69.8 Å². The fourth-order valence-corrected chi connectivity index (χ4v) is 4.90. The molecule has 0 unspecified atom stereocenters. The summed E-state index contributed by atoms with van der Waals surface area (Å²) in [5.41, 5.74) is 2.13. The van der Waals surface area contributed by atoms with E-state index in [4.69, 9.17) is 11.6 Å². The van der Waals surface area contributed by atoms with Gasteiger partial charge in [-0.3, -0.25) is 9.59 Å². The van der Waals surface area contributed by atoms with Crippen molar-refractivity contribution in [3.8, 4) is 0 Å². The summed E-state index contributed by atoms with van der Waals surface area (Å²) in [4.78, 5) is 29.6. The van der Waals surface area contributed by atoms with Crippen molar-refractivity contribution in [3.05, 3.63) is 85.9 Å². The quantitative estimate of drug-likeness (QED) is 0.549. The molecule has 4 rings (SSSR count). The van der Waals surface area contributed by atoms with Crippen molar-refractivity contribution in [2.24, 2.45) is 0 Å². The lowest BCUT2D eigenvalue weighted by Crippen LogP contribution is -2.30. The van der Waals surface area contributed by atoms with Gasteiger partial charge in [-0.25, -0.2) is 0 Å². The number of benzene rings is 2. The minimum absolute atomic E-state index is 0.112. The molecule has 1 aromatic heterocycles. The predicted molar refractivity (Wildman–Crippen MR) is 121 cm³/mol. The number of amides is 2. The van der Waals surface area contributed by atoms with Crippen molar-refractivity contribution in [2.75, 3.05) is 11.9 Å². The summed E-state index contributed by atoms with van der Waals surface area (Å²) < 4.78 is 0. The lowest BCUT2D eigenvalue weighted by molar-refractivity contribution is -0.114. The first-order chi connectivity index (χ1) is 14.0. The van der Waals surface area contributed by atoms with Crippen LogP contribution in [0.25, 0.3) is 6.08 Å². The van der Waals surface area contributed by atoms with Gasteiger partial charge in [0.15, 0.2) is 0 Å². The Morgan fingerprint density at radius 1 is 1.17 bits per heavy atom. The van der Waals surface area contributed by atoms with E-state index in [2.05, 4.69) is 5.32 Å². The van der Waals surface area contributed by atoms with E-state index < -0.39 is 0 Å². The molecule has 29 heavy (non-hydrogen) atoms. The number of carbonyl (C=O) groups is 2. The molecular formula is C22H17ClN2O2S2. The van der Waals surface area contributed by atoms with Gasteiger partial charge in [0.25, 0.3) is 11.8 Å². The molecule has 2 amide bonds. The summed E-state index contributed by atoms with van der Waals surface area (Å²) in [6, 6.07) is 16.7. The second-order valence-corrected chi connectivity index (χ2v) is 9.03. The van der Waals surface area contributed by atoms with Crippen LogP contribution in [0.2, 0.25) is 5.02 Å². The molecule has 1 aliphatic heterocycles. The molecule has 7 heteroatoms. The average molecular weight is 441 g/mol. The van der Waals surface area contributed by atoms with E-state index >= 15 is 0 Å². The molecule has 1 N–H and O–H groups in total. The summed E-state index contributed by atoms with van der Waals surface area (Å²) in [7, 11) is 1.72. The summed E-state index contributed by atoms with van der Waals surface area (Å²) in [5, 5.41) is 5.52. The highest BCUT2D eigenvalue weighted by molar-refractivity contribution is 8.04. The minimum Gasteiger partial charge on any atom is -0.347 e. The van der Waals surface area contributed by atoms with Crippen molar-refractivity contribution in [1.82, 2.24) is 5.32 Å². The number of thioether (sulfide) groups is 1. The van der Waals surface area contributed by atoms with Crippen LogP contribution in [0, 0.1) is 0 Å². The number of hydrogen-bond acceptors (Lipinski definition) is 4. The number of anilines is 1. The summed E-state index contributed by atoms with van der Waals surface area (Å²) in [5.74, 6) is -0.272. The number of halogens is 1. The van der Waals surface area contributed by atoms with Gasteiger partial charge >= 0.3 is 0 Å². The number of fused-ring (bicyclic) bond motifs is 1. The van der Waals surface area contributed by atoms with E-state index in [1.165, 1.54) is 11.8 Å². The third-order valence-electron chi connectivity index (χ3n) is 4.47. The van der Waals surface area contributed by atoms with Gasteiger partial charge in [-0.2, -0.15) is 0 Å². The Labute approximate surface area is 182 Å². The number of rotatable bonds is 4. The number of carbonyl (C=O) groups excluding carboxylic acids is 2. The maximum Gasteiger partial charge on any atom is 0.264 e. The molecule has 0 bridgehead atoms. The summed E-state index contributed by atoms with van der Waals surface area (Å²) in [6.07, 6.45) is 1.83. The van der Waals surface area contributed by atoms with E-state index in [0.29, 0.717) is 22.0 Å². The average Bonchev–Trinajstić information content (AvgIpc) is 3.23. The molecule has 4 nitrogen and oxygen atoms in total. The van der Waals surface area contributed by atoms with Crippen molar-refractivity contribution < 1.29 is 9.59 Å². The van der Waals surface area contributed by atoms with Gasteiger partial charge in [-0.05, 0) is 53.4 Å². The van der Waals surface area contributed by atoms with E-state index in [0.717, 1.165) is 21.0 Å². The predicted octanol–water partition coefficient (Wildman–Crippen LogP) is 5.44. The molecule has 0 saturated heterocycles. The van der Waals surface area contributed by atoms with Gasteiger partial charge in [0.1, 0.15) is 0 Å². The zero-order chi connectivity index (χ0) is 20.4. The number of likely N-dealkylation sites (N-methyl/N-ethyl adjacent to an activating group) is 1. The number of nitrogens with one attached hydrogen (secondary N) is 1. The smallest absolute Gasteiger partial charge is 0.264 e. The molecule has 1 aliphatic rings. The number of hydrogen-bond donors (Lipinski definition) is 1. The Morgan fingerprint density at radius 3 is 2.79 bits per heavy atom. The minimum atomic E-state index is -0.160. The highest BCUT2D eigenvalue weighted by atomic mass is 35.5. The Kier molecular flexibility index (Phi) is 5.76. The third-order valence-corrected chi connectivity index (χ3v) is 6.66. The lowest BCUT2D eigenvalue weighted by atomic mass is 10.1. The number of nitrogens with zero attached hydrogens (tertiary/aromatic N) is 1. The molecular weight excluding hydrogens is 424 g/mol. The van der Waals surface area contributed by atoms with Crippen LogP contribution >= 0.6 is 34.7 Å². The van der Waals surface area contributed by atoms with Gasteiger partial charge in [0, 0.05) is 27.4 Å².